The Hall–Kier alpha value is -2.59. The molecular formula is C16H18N8S2. The first kappa shape index (κ1) is 16.9. The van der Waals surface area contributed by atoms with Crippen molar-refractivity contribution in [1.29, 1.82) is 0 Å². The Morgan fingerprint density at radius 2 is 2.15 bits per heavy atom. The summed E-state index contributed by atoms with van der Waals surface area (Å²) in [5, 5.41) is 27.6. The van der Waals surface area contributed by atoms with Gasteiger partial charge in [0.2, 0.25) is 0 Å². The molecule has 4 heterocycles. The lowest BCUT2D eigenvalue weighted by atomic mass is 10.2. The summed E-state index contributed by atoms with van der Waals surface area (Å²) in [6, 6.07) is 5.82. The highest BCUT2D eigenvalue weighted by Crippen LogP contribution is 2.20. The van der Waals surface area contributed by atoms with Gasteiger partial charge in [-0.25, -0.2) is 0 Å². The SMILES string of the molecule is CC(C)c1n[nH]c(=S)n1CCNc1ccc2nnc(-c3ccsc3)n2n1. The third-order valence-corrected chi connectivity index (χ3v) is 4.98. The summed E-state index contributed by atoms with van der Waals surface area (Å²) < 4.78 is 4.41. The highest BCUT2D eigenvalue weighted by atomic mass is 32.1. The first-order valence-electron chi connectivity index (χ1n) is 8.27. The Morgan fingerprint density at radius 3 is 2.92 bits per heavy atom. The van der Waals surface area contributed by atoms with Gasteiger partial charge in [0, 0.05) is 30.0 Å². The van der Waals surface area contributed by atoms with Crippen LogP contribution in [0.15, 0.2) is 29.0 Å². The zero-order valence-electron chi connectivity index (χ0n) is 14.4. The molecule has 0 atom stereocenters. The lowest BCUT2D eigenvalue weighted by Crippen LogP contribution is -2.15. The first-order chi connectivity index (χ1) is 12.6. The van der Waals surface area contributed by atoms with E-state index in [1.807, 2.05) is 33.5 Å². The number of fused-ring (bicyclic) bond motifs is 1. The second-order valence-corrected chi connectivity index (χ2v) is 7.31. The van der Waals surface area contributed by atoms with E-state index in [0.29, 0.717) is 23.8 Å². The summed E-state index contributed by atoms with van der Waals surface area (Å²) in [5.41, 5.74) is 1.73. The van der Waals surface area contributed by atoms with E-state index in [-0.39, 0.29) is 0 Å². The molecule has 0 aliphatic rings. The Balaban J connectivity index is 1.52. The fourth-order valence-corrected chi connectivity index (χ4v) is 3.60. The van der Waals surface area contributed by atoms with Crippen molar-refractivity contribution in [3.8, 4) is 11.4 Å². The van der Waals surface area contributed by atoms with Crippen LogP contribution in [0.25, 0.3) is 17.0 Å². The summed E-state index contributed by atoms with van der Waals surface area (Å²) in [7, 11) is 0. The number of rotatable bonds is 6. The Bertz CT molecular complexity index is 1070. The van der Waals surface area contributed by atoms with Crippen LogP contribution in [-0.4, -0.2) is 41.1 Å². The quantitative estimate of drug-likeness (QED) is 0.494. The van der Waals surface area contributed by atoms with Gasteiger partial charge in [-0.05, 0) is 35.8 Å². The third-order valence-electron chi connectivity index (χ3n) is 3.99. The highest BCUT2D eigenvalue weighted by Gasteiger charge is 2.11. The average molecular weight is 387 g/mol. The zero-order chi connectivity index (χ0) is 18.1. The summed E-state index contributed by atoms with van der Waals surface area (Å²) in [4.78, 5) is 0. The topological polar surface area (TPSA) is 88.7 Å². The van der Waals surface area contributed by atoms with E-state index >= 15 is 0 Å². The van der Waals surface area contributed by atoms with Crippen LogP contribution in [0.3, 0.4) is 0 Å². The minimum absolute atomic E-state index is 0.308. The van der Waals surface area contributed by atoms with Crippen LogP contribution >= 0.6 is 23.6 Å². The van der Waals surface area contributed by atoms with Gasteiger partial charge in [0.15, 0.2) is 16.2 Å². The zero-order valence-corrected chi connectivity index (χ0v) is 16.0. The van der Waals surface area contributed by atoms with Gasteiger partial charge in [-0.1, -0.05) is 13.8 Å². The number of aromatic amines is 1. The summed E-state index contributed by atoms with van der Waals surface area (Å²) >= 11 is 6.94. The number of nitrogens with zero attached hydrogens (tertiary/aromatic N) is 6. The summed E-state index contributed by atoms with van der Waals surface area (Å²) in [5.74, 6) is 2.76. The molecule has 0 bridgehead atoms. The number of H-pyrrole nitrogens is 1. The van der Waals surface area contributed by atoms with Crippen LogP contribution in [-0.2, 0) is 6.54 Å². The van der Waals surface area contributed by atoms with Crippen LogP contribution < -0.4 is 5.32 Å². The maximum Gasteiger partial charge on any atom is 0.195 e. The second-order valence-electron chi connectivity index (χ2n) is 6.14. The molecule has 0 spiro atoms. The van der Waals surface area contributed by atoms with Crippen molar-refractivity contribution in [3.05, 3.63) is 39.6 Å². The molecule has 0 aliphatic heterocycles. The van der Waals surface area contributed by atoms with Gasteiger partial charge >= 0.3 is 0 Å². The fourth-order valence-electron chi connectivity index (χ4n) is 2.74. The van der Waals surface area contributed by atoms with Crippen molar-refractivity contribution < 1.29 is 0 Å². The number of hydrogen-bond donors (Lipinski definition) is 2. The third kappa shape index (κ3) is 3.13. The van der Waals surface area contributed by atoms with E-state index in [1.54, 1.807) is 15.9 Å². The molecule has 4 aromatic rings. The normalized spacial score (nSPS) is 11.5. The number of nitrogens with one attached hydrogen (secondary N) is 2. The maximum atomic E-state index is 5.32. The Morgan fingerprint density at radius 1 is 1.27 bits per heavy atom. The van der Waals surface area contributed by atoms with Crippen molar-refractivity contribution in [1.82, 2.24) is 34.6 Å². The predicted molar refractivity (Wildman–Crippen MR) is 104 cm³/mol. The molecule has 26 heavy (non-hydrogen) atoms. The van der Waals surface area contributed by atoms with E-state index in [1.165, 1.54) is 0 Å². The minimum Gasteiger partial charge on any atom is -0.367 e. The molecule has 0 saturated heterocycles. The van der Waals surface area contributed by atoms with Gasteiger partial charge in [-0.3, -0.25) is 5.10 Å². The summed E-state index contributed by atoms with van der Waals surface area (Å²) in [6.45, 7) is 5.59. The number of hydrogen-bond acceptors (Lipinski definition) is 7. The van der Waals surface area contributed by atoms with Crippen molar-refractivity contribution in [2.24, 2.45) is 0 Å². The van der Waals surface area contributed by atoms with Crippen molar-refractivity contribution >= 4 is 35.0 Å². The van der Waals surface area contributed by atoms with E-state index in [0.717, 1.165) is 28.7 Å². The van der Waals surface area contributed by atoms with Crippen LogP contribution in [0.5, 0.6) is 0 Å². The molecule has 4 aromatic heterocycles. The van der Waals surface area contributed by atoms with Crippen LogP contribution in [0.2, 0.25) is 0 Å². The van der Waals surface area contributed by atoms with Crippen LogP contribution in [0.4, 0.5) is 5.82 Å². The number of aromatic nitrogens is 7. The number of anilines is 1. The summed E-state index contributed by atoms with van der Waals surface area (Å²) in [6.07, 6.45) is 0. The molecule has 4 rings (SSSR count). The standard InChI is InChI=1S/C16H18N8S2/c1-10(2)14-19-21-16(25)23(14)7-6-17-12-3-4-13-18-20-15(24(13)22-12)11-5-8-26-9-11/h3-5,8-10H,6-7H2,1-2H3,(H,17,22)(H,21,25). The molecule has 0 unspecified atom stereocenters. The van der Waals surface area contributed by atoms with Gasteiger partial charge in [0.25, 0.3) is 0 Å². The van der Waals surface area contributed by atoms with Crippen molar-refractivity contribution in [3.63, 3.8) is 0 Å². The lowest BCUT2D eigenvalue weighted by molar-refractivity contribution is 0.631. The van der Waals surface area contributed by atoms with Gasteiger partial charge in [0.05, 0.1) is 0 Å². The largest absolute Gasteiger partial charge is 0.367 e. The van der Waals surface area contributed by atoms with E-state index < -0.39 is 0 Å². The van der Waals surface area contributed by atoms with Gasteiger partial charge < -0.3 is 9.88 Å². The van der Waals surface area contributed by atoms with Crippen molar-refractivity contribution in [2.75, 3.05) is 11.9 Å². The molecule has 2 N–H and O–H groups in total. The molecule has 0 fully saturated rings. The molecule has 134 valence electrons. The molecule has 10 heteroatoms. The lowest BCUT2D eigenvalue weighted by Gasteiger charge is -2.10. The molecule has 0 radical (unpaired) electrons. The van der Waals surface area contributed by atoms with Gasteiger partial charge in [0.1, 0.15) is 11.6 Å². The molecule has 0 amide bonds. The smallest absolute Gasteiger partial charge is 0.195 e. The van der Waals surface area contributed by atoms with Crippen LogP contribution in [0.1, 0.15) is 25.6 Å². The van der Waals surface area contributed by atoms with Gasteiger partial charge in [-0.15, -0.1) is 15.3 Å². The average Bonchev–Trinajstić information content (AvgIpc) is 3.34. The molecule has 8 nitrogen and oxygen atoms in total. The first-order valence-corrected chi connectivity index (χ1v) is 9.62. The van der Waals surface area contributed by atoms with E-state index in [9.17, 15) is 0 Å². The monoisotopic (exact) mass is 386 g/mol. The second kappa shape index (κ2) is 6.96. The molecule has 0 aliphatic carbocycles. The van der Waals surface area contributed by atoms with E-state index in [4.69, 9.17) is 12.2 Å². The highest BCUT2D eigenvalue weighted by molar-refractivity contribution is 7.71. The minimum atomic E-state index is 0.308. The predicted octanol–water partition coefficient (Wildman–Crippen LogP) is 3.34. The van der Waals surface area contributed by atoms with E-state index in [2.05, 4.69) is 44.7 Å². The Labute approximate surface area is 158 Å². The van der Waals surface area contributed by atoms with Gasteiger partial charge in [-0.2, -0.15) is 21.0 Å². The molecular weight excluding hydrogens is 368 g/mol. The molecule has 0 saturated carbocycles. The Kier molecular flexibility index (Phi) is 4.51. The number of thiophene rings is 1. The maximum absolute atomic E-state index is 5.32. The fraction of sp³-hybridized carbons (Fsp3) is 0.312. The molecule has 0 aromatic carbocycles. The van der Waals surface area contributed by atoms with Crippen LogP contribution in [0, 0.1) is 4.77 Å². The van der Waals surface area contributed by atoms with Crippen molar-refractivity contribution in [2.45, 2.75) is 26.3 Å².